The standard InChI is InChI=1S/C19H27NO/c1-5-17-11-12-19(21-17)18(20-6-2)13-15-7-9-16(10-8-15)14(3)4/h7-12,14,18,20H,5-6,13H2,1-4H3. The highest BCUT2D eigenvalue weighted by atomic mass is 16.3. The summed E-state index contributed by atoms with van der Waals surface area (Å²) in [6.07, 6.45) is 1.91. The molecule has 1 N–H and O–H groups in total. The minimum atomic E-state index is 0.250. The van der Waals surface area contributed by atoms with Crippen LogP contribution in [0.4, 0.5) is 0 Å². The number of benzene rings is 1. The highest BCUT2D eigenvalue weighted by Crippen LogP contribution is 2.22. The molecule has 0 aliphatic heterocycles. The molecule has 0 saturated carbocycles. The van der Waals surface area contributed by atoms with Crippen LogP contribution in [0.3, 0.4) is 0 Å². The van der Waals surface area contributed by atoms with E-state index in [1.807, 2.05) is 0 Å². The van der Waals surface area contributed by atoms with Gasteiger partial charge >= 0.3 is 0 Å². The minimum Gasteiger partial charge on any atom is -0.464 e. The zero-order valence-corrected chi connectivity index (χ0v) is 13.6. The molecule has 2 rings (SSSR count). The Morgan fingerprint density at radius 2 is 1.71 bits per heavy atom. The molecule has 21 heavy (non-hydrogen) atoms. The van der Waals surface area contributed by atoms with Gasteiger partial charge in [-0.1, -0.05) is 52.0 Å². The molecule has 0 spiro atoms. The molecular formula is C19H27NO. The van der Waals surface area contributed by atoms with Gasteiger partial charge in [-0.25, -0.2) is 0 Å². The maximum absolute atomic E-state index is 5.92. The van der Waals surface area contributed by atoms with Crippen LogP contribution in [0.25, 0.3) is 0 Å². The van der Waals surface area contributed by atoms with Gasteiger partial charge in [0.2, 0.25) is 0 Å². The van der Waals surface area contributed by atoms with Crippen molar-refractivity contribution in [1.29, 1.82) is 0 Å². The van der Waals surface area contributed by atoms with E-state index in [0.29, 0.717) is 5.92 Å². The largest absolute Gasteiger partial charge is 0.464 e. The average molecular weight is 285 g/mol. The number of nitrogens with one attached hydrogen (secondary N) is 1. The first kappa shape index (κ1) is 15.8. The molecule has 1 atom stereocenters. The van der Waals surface area contributed by atoms with E-state index < -0.39 is 0 Å². The van der Waals surface area contributed by atoms with Crippen molar-refractivity contribution in [2.45, 2.75) is 52.5 Å². The Morgan fingerprint density at radius 1 is 1.00 bits per heavy atom. The first-order valence-electron chi connectivity index (χ1n) is 8.04. The van der Waals surface area contributed by atoms with Gasteiger partial charge in [0.15, 0.2) is 0 Å². The number of likely N-dealkylation sites (N-methyl/N-ethyl adjacent to an activating group) is 1. The quantitative estimate of drug-likeness (QED) is 0.786. The normalized spacial score (nSPS) is 12.8. The lowest BCUT2D eigenvalue weighted by Gasteiger charge is -2.16. The van der Waals surface area contributed by atoms with Crippen molar-refractivity contribution < 1.29 is 4.42 Å². The molecule has 114 valence electrons. The van der Waals surface area contributed by atoms with Gasteiger partial charge in [0, 0.05) is 6.42 Å². The fourth-order valence-electron chi connectivity index (χ4n) is 2.57. The number of aryl methyl sites for hydroxylation is 1. The lowest BCUT2D eigenvalue weighted by Crippen LogP contribution is -2.22. The molecule has 2 aromatic rings. The molecule has 1 aromatic carbocycles. The van der Waals surface area contributed by atoms with E-state index in [-0.39, 0.29) is 6.04 Å². The van der Waals surface area contributed by atoms with Crippen LogP contribution in [0.5, 0.6) is 0 Å². The first-order valence-corrected chi connectivity index (χ1v) is 8.04. The number of rotatable bonds is 7. The van der Waals surface area contributed by atoms with Crippen LogP contribution in [-0.2, 0) is 12.8 Å². The molecule has 2 heteroatoms. The van der Waals surface area contributed by atoms with Crippen LogP contribution in [0.15, 0.2) is 40.8 Å². The van der Waals surface area contributed by atoms with Crippen molar-refractivity contribution in [3.05, 3.63) is 59.0 Å². The Hall–Kier alpha value is -1.54. The predicted octanol–water partition coefficient (Wildman–Crippen LogP) is 4.86. The van der Waals surface area contributed by atoms with Crippen molar-refractivity contribution in [3.8, 4) is 0 Å². The zero-order chi connectivity index (χ0) is 15.2. The Bertz CT molecular complexity index is 539. The molecule has 0 radical (unpaired) electrons. The Morgan fingerprint density at radius 3 is 2.24 bits per heavy atom. The topological polar surface area (TPSA) is 25.2 Å². The second kappa shape index (κ2) is 7.46. The summed E-state index contributed by atoms with van der Waals surface area (Å²) in [5.41, 5.74) is 2.74. The van der Waals surface area contributed by atoms with E-state index in [4.69, 9.17) is 4.42 Å². The molecule has 1 unspecified atom stereocenters. The third-order valence-electron chi connectivity index (χ3n) is 3.91. The summed E-state index contributed by atoms with van der Waals surface area (Å²) in [4.78, 5) is 0. The van der Waals surface area contributed by atoms with Gasteiger partial charge in [0.1, 0.15) is 11.5 Å². The summed E-state index contributed by atoms with van der Waals surface area (Å²) >= 11 is 0. The van der Waals surface area contributed by atoms with Crippen molar-refractivity contribution in [2.75, 3.05) is 6.54 Å². The summed E-state index contributed by atoms with van der Waals surface area (Å²) in [5.74, 6) is 2.69. The lowest BCUT2D eigenvalue weighted by atomic mass is 9.98. The molecule has 0 amide bonds. The maximum atomic E-state index is 5.92. The minimum absolute atomic E-state index is 0.250. The summed E-state index contributed by atoms with van der Waals surface area (Å²) in [5, 5.41) is 3.53. The van der Waals surface area contributed by atoms with Gasteiger partial charge in [-0.05, 0) is 42.1 Å². The highest BCUT2D eigenvalue weighted by Gasteiger charge is 2.15. The van der Waals surface area contributed by atoms with E-state index in [1.54, 1.807) is 0 Å². The van der Waals surface area contributed by atoms with Crippen molar-refractivity contribution in [3.63, 3.8) is 0 Å². The van der Waals surface area contributed by atoms with E-state index in [9.17, 15) is 0 Å². The second-order valence-corrected chi connectivity index (χ2v) is 5.87. The summed E-state index contributed by atoms with van der Waals surface area (Å²) in [7, 11) is 0. The number of hydrogen-bond donors (Lipinski definition) is 1. The Labute approximate surface area is 128 Å². The van der Waals surface area contributed by atoms with Crippen LogP contribution in [0.1, 0.15) is 62.3 Å². The second-order valence-electron chi connectivity index (χ2n) is 5.87. The van der Waals surface area contributed by atoms with Crippen molar-refractivity contribution >= 4 is 0 Å². The molecule has 0 fully saturated rings. The van der Waals surface area contributed by atoms with Crippen LogP contribution in [0, 0.1) is 0 Å². The molecule has 2 nitrogen and oxygen atoms in total. The van der Waals surface area contributed by atoms with Gasteiger partial charge in [0.25, 0.3) is 0 Å². The van der Waals surface area contributed by atoms with E-state index >= 15 is 0 Å². The monoisotopic (exact) mass is 285 g/mol. The molecule has 0 saturated heterocycles. The van der Waals surface area contributed by atoms with Crippen LogP contribution < -0.4 is 5.32 Å². The molecule has 1 aromatic heterocycles. The fourth-order valence-corrected chi connectivity index (χ4v) is 2.57. The van der Waals surface area contributed by atoms with E-state index in [2.05, 4.69) is 69.4 Å². The van der Waals surface area contributed by atoms with Crippen molar-refractivity contribution in [1.82, 2.24) is 5.32 Å². The average Bonchev–Trinajstić information content (AvgIpc) is 2.96. The lowest BCUT2D eigenvalue weighted by molar-refractivity contribution is 0.396. The van der Waals surface area contributed by atoms with E-state index in [1.165, 1.54) is 11.1 Å². The van der Waals surface area contributed by atoms with Gasteiger partial charge < -0.3 is 9.73 Å². The van der Waals surface area contributed by atoms with E-state index in [0.717, 1.165) is 30.9 Å². The predicted molar refractivity (Wildman–Crippen MR) is 88.7 cm³/mol. The smallest absolute Gasteiger partial charge is 0.121 e. The fraction of sp³-hybridized carbons (Fsp3) is 0.474. The molecule has 0 bridgehead atoms. The maximum Gasteiger partial charge on any atom is 0.121 e. The molecule has 1 heterocycles. The molecular weight excluding hydrogens is 258 g/mol. The number of furan rings is 1. The van der Waals surface area contributed by atoms with Gasteiger partial charge in [-0.3, -0.25) is 0 Å². The highest BCUT2D eigenvalue weighted by molar-refractivity contribution is 5.26. The Kier molecular flexibility index (Phi) is 5.63. The summed E-state index contributed by atoms with van der Waals surface area (Å²) in [6.45, 7) is 9.65. The Balaban J connectivity index is 2.11. The SMILES string of the molecule is CCNC(Cc1ccc(C(C)C)cc1)c1ccc(CC)o1. The summed E-state index contributed by atoms with van der Waals surface area (Å²) < 4.78 is 5.92. The van der Waals surface area contributed by atoms with Gasteiger partial charge in [-0.15, -0.1) is 0 Å². The van der Waals surface area contributed by atoms with Crippen molar-refractivity contribution in [2.24, 2.45) is 0 Å². The number of hydrogen-bond acceptors (Lipinski definition) is 2. The zero-order valence-electron chi connectivity index (χ0n) is 13.6. The summed E-state index contributed by atoms with van der Waals surface area (Å²) in [6, 6.07) is 13.4. The van der Waals surface area contributed by atoms with Gasteiger partial charge in [0.05, 0.1) is 6.04 Å². The van der Waals surface area contributed by atoms with Gasteiger partial charge in [-0.2, -0.15) is 0 Å². The first-order chi connectivity index (χ1) is 10.1. The molecule has 0 aliphatic rings. The molecule has 0 aliphatic carbocycles. The van der Waals surface area contributed by atoms with Crippen LogP contribution in [-0.4, -0.2) is 6.54 Å². The third kappa shape index (κ3) is 4.21. The van der Waals surface area contributed by atoms with Crippen LogP contribution >= 0.6 is 0 Å². The third-order valence-corrected chi connectivity index (χ3v) is 3.91. The van der Waals surface area contributed by atoms with Crippen LogP contribution in [0.2, 0.25) is 0 Å².